The van der Waals surface area contributed by atoms with Gasteiger partial charge in [-0.1, -0.05) is 12.1 Å². The number of likely N-dealkylation sites (tertiary alicyclic amines) is 2. The summed E-state index contributed by atoms with van der Waals surface area (Å²) in [6.07, 6.45) is -3.45. The third-order valence-corrected chi connectivity index (χ3v) is 8.28. The van der Waals surface area contributed by atoms with Gasteiger partial charge in [-0.05, 0) is 73.4 Å². The van der Waals surface area contributed by atoms with Gasteiger partial charge in [0, 0.05) is 50.4 Å². The summed E-state index contributed by atoms with van der Waals surface area (Å²) in [7, 11) is 1.56. The van der Waals surface area contributed by atoms with Gasteiger partial charge in [0.1, 0.15) is 23.4 Å². The van der Waals surface area contributed by atoms with E-state index in [1.54, 1.807) is 36.3 Å². The average Bonchev–Trinajstić information content (AvgIpc) is 3.05. The molecule has 2 fully saturated rings. The third-order valence-electron chi connectivity index (χ3n) is 8.28. The minimum atomic E-state index is -4.77. The molecular weight excluding hydrogens is 608 g/mol. The van der Waals surface area contributed by atoms with Crippen molar-refractivity contribution in [2.24, 2.45) is 5.92 Å². The second-order valence-electron chi connectivity index (χ2n) is 11.4. The number of pyridine rings is 1. The quantitative estimate of drug-likeness (QED) is 0.257. The molecular formula is C33H34F4N4O5. The Morgan fingerprint density at radius 1 is 0.891 bits per heavy atom. The summed E-state index contributed by atoms with van der Waals surface area (Å²) in [6, 6.07) is 14.6. The Kier molecular flexibility index (Phi) is 10.2. The Hall–Kier alpha value is -4.52. The molecule has 0 spiro atoms. The highest BCUT2D eigenvalue weighted by Crippen LogP contribution is 2.26. The van der Waals surface area contributed by atoms with E-state index in [0.717, 1.165) is 0 Å². The Balaban J connectivity index is 1.07. The van der Waals surface area contributed by atoms with E-state index in [2.05, 4.69) is 15.0 Å². The molecule has 0 unspecified atom stereocenters. The lowest BCUT2D eigenvalue weighted by Crippen LogP contribution is -2.52. The lowest BCUT2D eigenvalue weighted by atomic mass is 9.88. The molecule has 0 bridgehead atoms. The molecule has 13 heteroatoms. The highest BCUT2D eigenvalue weighted by atomic mass is 19.4. The maximum Gasteiger partial charge on any atom is 0.573 e. The van der Waals surface area contributed by atoms with Crippen LogP contribution in [0.15, 0.2) is 66.9 Å². The molecule has 9 nitrogen and oxygen atoms in total. The minimum Gasteiger partial charge on any atom is -0.497 e. The number of Topliss-reactive ketones (excluding diaryl/α,β-unsaturated/α-hetero) is 1. The van der Waals surface area contributed by atoms with Crippen molar-refractivity contribution in [3.63, 3.8) is 0 Å². The highest BCUT2D eigenvalue weighted by Gasteiger charge is 2.33. The molecule has 1 N–H and O–H groups in total. The first-order valence-corrected chi connectivity index (χ1v) is 14.9. The minimum absolute atomic E-state index is 0.0394. The van der Waals surface area contributed by atoms with Gasteiger partial charge in [-0.15, -0.1) is 13.2 Å². The largest absolute Gasteiger partial charge is 0.573 e. The van der Waals surface area contributed by atoms with Crippen molar-refractivity contribution in [2.75, 3.05) is 33.3 Å². The number of alkyl halides is 4. The maximum atomic E-state index is 15.0. The van der Waals surface area contributed by atoms with Crippen LogP contribution in [-0.4, -0.2) is 84.2 Å². The number of piperidine rings is 2. The van der Waals surface area contributed by atoms with Crippen LogP contribution >= 0.6 is 0 Å². The number of halogens is 4. The third kappa shape index (κ3) is 8.39. The number of hydrogen-bond donors (Lipinski definition) is 1. The molecule has 3 aromatic rings. The number of methoxy groups -OCH3 is 1. The molecule has 2 saturated heterocycles. The number of ketones is 1. The zero-order chi connectivity index (χ0) is 32.8. The van der Waals surface area contributed by atoms with Crippen LogP contribution in [0.2, 0.25) is 0 Å². The van der Waals surface area contributed by atoms with Crippen LogP contribution in [0.1, 0.15) is 56.0 Å². The van der Waals surface area contributed by atoms with Gasteiger partial charge in [0.25, 0.3) is 11.8 Å². The fourth-order valence-corrected chi connectivity index (χ4v) is 5.73. The number of benzene rings is 2. The van der Waals surface area contributed by atoms with E-state index >= 15 is 4.39 Å². The molecule has 3 heterocycles. The normalized spacial score (nSPS) is 19.4. The van der Waals surface area contributed by atoms with E-state index in [1.165, 1.54) is 42.6 Å². The number of carbonyl (C=O) groups excluding carboxylic acids is 3. The molecule has 0 saturated carbocycles. The molecule has 2 aromatic carbocycles. The van der Waals surface area contributed by atoms with Crippen LogP contribution in [-0.2, 0) is 6.54 Å². The Bertz CT molecular complexity index is 1510. The lowest BCUT2D eigenvalue weighted by molar-refractivity contribution is -0.274. The highest BCUT2D eigenvalue weighted by molar-refractivity contribution is 5.99. The molecule has 5 rings (SSSR count). The topological polar surface area (TPSA) is 101 Å². The van der Waals surface area contributed by atoms with Gasteiger partial charge in [0.2, 0.25) is 0 Å². The molecule has 2 aliphatic rings. The van der Waals surface area contributed by atoms with E-state index in [1.807, 2.05) is 4.90 Å². The van der Waals surface area contributed by atoms with E-state index in [0.29, 0.717) is 62.3 Å². The molecule has 0 radical (unpaired) electrons. The zero-order valence-electron chi connectivity index (χ0n) is 25.1. The number of nitrogens with one attached hydrogen (secondary N) is 1. The fourth-order valence-electron chi connectivity index (χ4n) is 5.73. The van der Waals surface area contributed by atoms with Crippen LogP contribution in [0.3, 0.4) is 0 Å². The van der Waals surface area contributed by atoms with Gasteiger partial charge >= 0.3 is 6.36 Å². The van der Waals surface area contributed by atoms with Crippen LogP contribution in [0, 0.1) is 5.92 Å². The number of carbonyl (C=O) groups is 3. The lowest BCUT2D eigenvalue weighted by Gasteiger charge is -2.35. The van der Waals surface area contributed by atoms with Gasteiger partial charge in [0.05, 0.1) is 18.7 Å². The average molecular weight is 643 g/mol. The van der Waals surface area contributed by atoms with E-state index < -0.39 is 24.5 Å². The summed E-state index contributed by atoms with van der Waals surface area (Å²) in [4.78, 5) is 46.4. The fraction of sp³-hybridized carbons (Fsp3) is 0.394. The predicted octanol–water partition coefficient (Wildman–Crippen LogP) is 5.07. The predicted molar refractivity (Wildman–Crippen MR) is 159 cm³/mol. The summed E-state index contributed by atoms with van der Waals surface area (Å²) in [5.41, 5.74) is 1.68. The molecule has 244 valence electrons. The van der Waals surface area contributed by atoms with Crippen molar-refractivity contribution < 1.29 is 41.4 Å². The second-order valence-corrected chi connectivity index (χ2v) is 11.4. The van der Waals surface area contributed by atoms with Crippen molar-refractivity contribution in [3.05, 3.63) is 89.2 Å². The van der Waals surface area contributed by atoms with Crippen molar-refractivity contribution in [1.29, 1.82) is 0 Å². The van der Waals surface area contributed by atoms with Gasteiger partial charge in [0.15, 0.2) is 5.78 Å². The SMILES string of the molecule is COc1ccc(C(=O)C2CCN(C(=O)c3ccc(C(=O)N[C@H]4CCN(Cc5ccc(OC(F)(F)F)cc5)C[C@H]4F)cn3)CC2)cc1. The van der Waals surface area contributed by atoms with Crippen LogP contribution in [0.4, 0.5) is 17.6 Å². The van der Waals surface area contributed by atoms with Gasteiger partial charge in [-0.3, -0.25) is 24.3 Å². The molecule has 1 aromatic heterocycles. The molecule has 2 amide bonds. The van der Waals surface area contributed by atoms with Crippen molar-refractivity contribution >= 4 is 17.6 Å². The van der Waals surface area contributed by atoms with Gasteiger partial charge < -0.3 is 19.7 Å². The molecule has 46 heavy (non-hydrogen) atoms. The van der Waals surface area contributed by atoms with E-state index in [9.17, 15) is 27.6 Å². The summed E-state index contributed by atoms with van der Waals surface area (Å²) in [5, 5.41) is 2.71. The smallest absolute Gasteiger partial charge is 0.497 e. The monoisotopic (exact) mass is 642 g/mol. The van der Waals surface area contributed by atoms with Crippen molar-refractivity contribution in [2.45, 2.75) is 44.4 Å². The number of rotatable bonds is 9. The maximum absolute atomic E-state index is 15.0. The second kappa shape index (κ2) is 14.3. The zero-order valence-corrected chi connectivity index (χ0v) is 25.1. The Morgan fingerprint density at radius 2 is 1.54 bits per heavy atom. The van der Waals surface area contributed by atoms with Crippen LogP contribution in [0.25, 0.3) is 0 Å². The number of amides is 2. The molecule has 2 atom stereocenters. The van der Waals surface area contributed by atoms with Gasteiger partial charge in [-0.2, -0.15) is 0 Å². The first kappa shape index (κ1) is 32.9. The first-order valence-electron chi connectivity index (χ1n) is 14.9. The Labute approximate surface area is 263 Å². The number of aromatic nitrogens is 1. The Morgan fingerprint density at radius 3 is 2.13 bits per heavy atom. The standard InChI is InChI=1S/C33H34F4N4O5/c1-45-25-9-4-22(5-10-25)30(42)23-12-16-41(17-13-23)32(44)29-11-6-24(18-38-29)31(43)39-28-14-15-40(20-27(28)34)19-21-2-7-26(8-3-21)46-33(35,36)37/h2-11,18,23,27-28H,12-17,19-20H2,1H3,(H,39,43)/t27-,28+/m1/s1. The van der Waals surface area contributed by atoms with Crippen LogP contribution < -0.4 is 14.8 Å². The molecule has 0 aliphatic carbocycles. The van der Waals surface area contributed by atoms with Crippen molar-refractivity contribution in [1.82, 2.24) is 20.1 Å². The molecule has 2 aliphatic heterocycles. The first-order chi connectivity index (χ1) is 22.0. The summed E-state index contributed by atoms with van der Waals surface area (Å²) >= 11 is 0. The van der Waals surface area contributed by atoms with E-state index in [4.69, 9.17) is 4.74 Å². The van der Waals surface area contributed by atoms with Crippen LogP contribution in [0.5, 0.6) is 11.5 Å². The summed E-state index contributed by atoms with van der Waals surface area (Å²) in [6.45, 7) is 1.66. The van der Waals surface area contributed by atoms with Gasteiger partial charge in [-0.25, -0.2) is 4.39 Å². The summed E-state index contributed by atoms with van der Waals surface area (Å²) < 4.78 is 61.1. The summed E-state index contributed by atoms with van der Waals surface area (Å²) in [5.74, 6) is -0.598. The number of ether oxygens (including phenoxy) is 2. The van der Waals surface area contributed by atoms with E-state index in [-0.39, 0.29) is 41.2 Å². The number of nitrogens with zero attached hydrogens (tertiary/aromatic N) is 3. The van der Waals surface area contributed by atoms with Crippen molar-refractivity contribution in [3.8, 4) is 11.5 Å². The number of hydrogen-bond acceptors (Lipinski definition) is 7.